The van der Waals surface area contributed by atoms with Crippen molar-refractivity contribution in [2.45, 2.75) is 46.3 Å². The minimum absolute atomic E-state index is 0.0370. The average Bonchev–Trinajstić information content (AvgIpc) is 2.68. The summed E-state index contributed by atoms with van der Waals surface area (Å²) in [5.41, 5.74) is 0.155. The number of nitrogens with zero attached hydrogens (tertiary/aromatic N) is 2. The quantitative estimate of drug-likeness (QED) is 0.731. The van der Waals surface area contributed by atoms with Crippen LogP contribution in [0.4, 0.5) is 0 Å². The van der Waals surface area contributed by atoms with Crippen molar-refractivity contribution in [3.05, 3.63) is 11.9 Å². The molecule has 5 nitrogen and oxygen atoms in total. The fourth-order valence-corrected chi connectivity index (χ4v) is 1.53. The van der Waals surface area contributed by atoms with Crippen LogP contribution in [0.3, 0.4) is 0 Å². The Morgan fingerprint density at radius 1 is 1.44 bits per heavy atom. The number of rotatable bonds is 6. The number of hydrogen-bond acceptors (Lipinski definition) is 4. The largest absolute Gasteiger partial charge is 0.493 e. The van der Waals surface area contributed by atoms with Crippen LogP contribution in [0.5, 0.6) is 5.75 Å². The second-order valence-corrected chi connectivity index (χ2v) is 5.11. The molecule has 0 spiro atoms. The Hall–Kier alpha value is -1.36. The zero-order valence-electron chi connectivity index (χ0n) is 11.8. The van der Waals surface area contributed by atoms with Crippen molar-refractivity contribution in [1.29, 1.82) is 0 Å². The van der Waals surface area contributed by atoms with Crippen molar-refractivity contribution < 1.29 is 14.3 Å². The zero-order chi connectivity index (χ0) is 13.8. The van der Waals surface area contributed by atoms with E-state index >= 15 is 0 Å². The average molecular weight is 254 g/mol. The van der Waals surface area contributed by atoms with E-state index in [1.165, 1.54) is 7.11 Å². The molecule has 1 aromatic rings. The summed E-state index contributed by atoms with van der Waals surface area (Å²) in [5, 5.41) is 4.16. The molecule has 0 amide bonds. The number of ketones is 1. The lowest BCUT2D eigenvalue weighted by atomic mass is 10.2. The maximum absolute atomic E-state index is 12.2. The number of carbonyl (C=O) groups excluding carboxylic acids is 1. The lowest BCUT2D eigenvalue weighted by Crippen LogP contribution is -2.25. The number of aromatic nitrogens is 2. The topological polar surface area (TPSA) is 53.4 Å². The van der Waals surface area contributed by atoms with Crippen molar-refractivity contribution in [1.82, 2.24) is 9.78 Å². The van der Waals surface area contributed by atoms with E-state index in [9.17, 15) is 4.79 Å². The molecule has 0 bridgehead atoms. The SMILES string of the molecule is CCCn1ncc(OC)c1C(=O)COC(C)(C)C. The summed E-state index contributed by atoms with van der Waals surface area (Å²) in [6.45, 7) is 8.52. The number of methoxy groups -OCH3 is 1. The Bertz CT molecular complexity index is 405. The van der Waals surface area contributed by atoms with Gasteiger partial charge in [-0.2, -0.15) is 5.10 Å². The van der Waals surface area contributed by atoms with E-state index in [0.717, 1.165) is 6.42 Å². The summed E-state index contributed by atoms with van der Waals surface area (Å²) in [7, 11) is 1.54. The first-order valence-electron chi connectivity index (χ1n) is 6.16. The van der Waals surface area contributed by atoms with Crippen LogP contribution < -0.4 is 4.74 Å². The predicted molar refractivity (Wildman–Crippen MR) is 69.1 cm³/mol. The van der Waals surface area contributed by atoms with E-state index in [1.807, 2.05) is 27.7 Å². The van der Waals surface area contributed by atoms with Gasteiger partial charge in [0.15, 0.2) is 5.75 Å². The molecule has 1 aromatic heterocycles. The standard InChI is InChI=1S/C13H22N2O3/c1-6-7-15-12(11(17-5)8-14-15)10(16)9-18-13(2,3)4/h8H,6-7,9H2,1-5H3. The number of ether oxygens (including phenoxy) is 2. The van der Waals surface area contributed by atoms with Crippen molar-refractivity contribution in [2.75, 3.05) is 13.7 Å². The second-order valence-electron chi connectivity index (χ2n) is 5.11. The van der Waals surface area contributed by atoms with Gasteiger partial charge >= 0.3 is 0 Å². The fraction of sp³-hybridized carbons (Fsp3) is 0.692. The minimum atomic E-state index is -0.335. The molecule has 0 atom stereocenters. The van der Waals surface area contributed by atoms with Crippen molar-refractivity contribution >= 4 is 5.78 Å². The van der Waals surface area contributed by atoms with Gasteiger partial charge in [-0.05, 0) is 27.2 Å². The lowest BCUT2D eigenvalue weighted by molar-refractivity contribution is 0.00253. The molecule has 5 heteroatoms. The fourth-order valence-electron chi connectivity index (χ4n) is 1.53. The lowest BCUT2D eigenvalue weighted by Gasteiger charge is -2.19. The molecular formula is C13H22N2O3. The molecule has 0 aliphatic carbocycles. The number of aryl methyl sites for hydroxylation is 1. The normalized spacial score (nSPS) is 11.6. The third-order valence-corrected chi connectivity index (χ3v) is 2.36. The second kappa shape index (κ2) is 6.00. The molecular weight excluding hydrogens is 232 g/mol. The highest BCUT2D eigenvalue weighted by Gasteiger charge is 2.21. The van der Waals surface area contributed by atoms with E-state index in [4.69, 9.17) is 9.47 Å². The van der Waals surface area contributed by atoms with Crippen molar-refractivity contribution in [2.24, 2.45) is 0 Å². The highest BCUT2D eigenvalue weighted by atomic mass is 16.5. The van der Waals surface area contributed by atoms with Gasteiger partial charge in [0.05, 0.1) is 18.9 Å². The van der Waals surface area contributed by atoms with Crippen LogP contribution in [0.25, 0.3) is 0 Å². The van der Waals surface area contributed by atoms with Crippen LogP contribution in [0.1, 0.15) is 44.6 Å². The molecule has 0 aromatic carbocycles. The van der Waals surface area contributed by atoms with Gasteiger partial charge in [0, 0.05) is 6.54 Å². The van der Waals surface area contributed by atoms with Crippen molar-refractivity contribution in [3.8, 4) is 5.75 Å². The maximum Gasteiger partial charge on any atom is 0.210 e. The minimum Gasteiger partial charge on any atom is -0.493 e. The van der Waals surface area contributed by atoms with Gasteiger partial charge in [0.1, 0.15) is 12.3 Å². The monoisotopic (exact) mass is 254 g/mol. The van der Waals surface area contributed by atoms with Gasteiger partial charge in [-0.25, -0.2) is 0 Å². The molecule has 0 unspecified atom stereocenters. The summed E-state index contributed by atoms with van der Waals surface area (Å²) in [4.78, 5) is 12.2. The molecule has 0 aliphatic heterocycles. The number of carbonyl (C=O) groups is 1. The third kappa shape index (κ3) is 3.84. The van der Waals surface area contributed by atoms with Crippen molar-refractivity contribution in [3.63, 3.8) is 0 Å². The Morgan fingerprint density at radius 3 is 2.61 bits per heavy atom. The van der Waals surface area contributed by atoms with Crippen LogP contribution in [-0.4, -0.2) is 34.9 Å². The molecule has 1 heterocycles. The van der Waals surface area contributed by atoms with Crippen LogP contribution in [0.15, 0.2) is 6.20 Å². The summed E-state index contributed by atoms with van der Waals surface area (Å²) in [6, 6.07) is 0. The molecule has 102 valence electrons. The Morgan fingerprint density at radius 2 is 2.11 bits per heavy atom. The van der Waals surface area contributed by atoms with Crippen LogP contribution in [0, 0.1) is 0 Å². The molecule has 0 saturated heterocycles. The van der Waals surface area contributed by atoms with Gasteiger partial charge in [0.25, 0.3) is 0 Å². The first-order valence-corrected chi connectivity index (χ1v) is 6.16. The van der Waals surface area contributed by atoms with E-state index in [-0.39, 0.29) is 18.0 Å². The van der Waals surface area contributed by atoms with Gasteiger partial charge in [0.2, 0.25) is 5.78 Å². The van der Waals surface area contributed by atoms with Gasteiger partial charge in [-0.15, -0.1) is 0 Å². The first-order chi connectivity index (χ1) is 8.39. The molecule has 1 rings (SSSR count). The maximum atomic E-state index is 12.2. The van der Waals surface area contributed by atoms with Gasteiger partial charge in [-0.1, -0.05) is 6.92 Å². The highest BCUT2D eigenvalue weighted by Crippen LogP contribution is 2.19. The Kier molecular flexibility index (Phi) is 4.90. The molecule has 0 saturated carbocycles. The van der Waals surface area contributed by atoms with Crippen LogP contribution in [-0.2, 0) is 11.3 Å². The predicted octanol–water partition coefficient (Wildman–Crippen LogP) is 2.30. The Balaban J connectivity index is 2.85. The summed E-state index contributed by atoms with van der Waals surface area (Å²) in [5.74, 6) is 0.402. The first kappa shape index (κ1) is 14.7. The molecule has 0 N–H and O–H groups in total. The van der Waals surface area contributed by atoms with Gasteiger partial charge < -0.3 is 9.47 Å². The van der Waals surface area contributed by atoms with Crippen LogP contribution >= 0.6 is 0 Å². The molecule has 0 fully saturated rings. The molecule has 0 radical (unpaired) electrons. The number of hydrogen-bond donors (Lipinski definition) is 0. The third-order valence-electron chi connectivity index (χ3n) is 2.36. The molecule has 18 heavy (non-hydrogen) atoms. The van der Waals surface area contributed by atoms with Gasteiger partial charge in [-0.3, -0.25) is 9.48 Å². The molecule has 0 aliphatic rings. The smallest absolute Gasteiger partial charge is 0.210 e. The van der Waals surface area contributed by atoms with E-state index in [0.29, 0.717) is 18.0 Å². The van der Waals surface area contributed by atoms with E-state index in [2.05, 4.69) is 5.10 Å². The summed E-state index contributed by atoms with van der Waals surface area (Å²) < 4.78 is 12.3. The zero-order valence-corrected chi connectivity index (χ0v) is 11.8. The number of Topliss-reactive ketones (excluding diaryl/α,β-unsaturated/α-hetero) is 1. The Labute approximate surface area is 108 Å². The van der Waals surface area contributed by atoms with E-state index in [1.54, 1.807) is 10.9 Å². The van der Waals surface area contributed by atoms with E-state index < -0.39 is 0 Å². The highest BCUT2D eigenvalue weighted by molar-refractivity contribution is 5.98. The summed E-state index contributed by atoms with van der Waals surface area (Å²) >= 11 is 0. The summed E-state index contributed by atoms with van der Waals surface area (Å²) in [6.07, 6.45) is 2.48. The van der Waals surface area contributed by atoms with Crippen LogP contribution in [0.2, 0.25) is 0 Å².